The fourth-order valence-electron chi connectivity index (χ4n) is 5.14. The number of likely N-dealkylation sites (tertiary alicyclic amines) is 1. The Balaban J connectivity index is 1.71. The van der Waals surface area contributed by atoms with E-state index in [2.05, 4.69) is 18.7 Å². The number of aliphatic hydroxyl groups is 1. The van der Waals surface area contributed by atoms with Gasteiger partial charge in [-0.15, -0.1) is 0 Å². The SMILES string of the molecule is COc1ccc([C@H]2/C(=C(\O)c3ccc(OCC(C)C)c(C)c3)C(=O)C(=O)N2CCCN2CCOCC2)cc1OC. The Hall–Kier alpha value is -3.56. The van der Waals surface area contributed by atoms with Crippen molar-refractivity contribution in [3.05, 3.63) is 58.7 Å². The summed E-state index contributed by atoms with van der Waals surface area (Å²) in [7, 11) is 3.08. The zero-order valence-corrected chi connectivity index (χ0v) is 24.1. The van der Waals surface area contributed by atoms with E-state index in [-0.39, 0.29) is 11.3 Å². The average Bonchev–Trinajstić information content (AvgIpc) is 3.21. The molecular weight excluding hydrogens is 512 g/mol. The quantitative estimate of drug-likeness (QED) is 0.252. The molecule has 1 N–H and O–H groups in total. The van der Waals surface area contributed by atoms with Gasteiger partial charge in [-0.3, -0.25) is 14.5 Å². The summed E-state index contributed by atoms with van der Waals surface area (Å²) in [4.78, 5) is 30.7. The van der Waals surface area contributed by atoms with Crippen LogP contribution in [0.3, 0.4) is 0 Å². The number of aliphatic hydroxyl groups excluding tert-OH is 1. The molecule has 0 unspecified atom stereocenters. The molecule has 2 heterocycles. The number of nitrogens with zero attached hydrogens (tertiary/aromatic N) is 2. The summed E-state index contributed by atoms with van der Waals surface area (Å²) >= 11 is 0. The van der Waals surface area contributed by atoms with Crippen molar-refractivity contribution in [2.45, 2.75) is 33.2 Å². The lowest BCUT2D eigenvalue weighted by molar-refractivity contribution is -0.140. The van der Waals surface area contributed by atoms with E-state index in [0.29, 0.717) is 67.1 Å². The second-order valence-corrected chi connectivity index (χ2v) is 10.6. The number of methoxy groups -OCH3 is 2. The maximum absolute atomic E-state index is 13.5. The topological polar surface area (TPSA) is 97.8 Å². The summed E-state index contributed by atoms with van der Waals surface area (Å²) in [5, 5.41) is 11.5. The Morgan fingerprint density at radius 1 is 1.00 bits per heavy atom. The van der Waals surface area contributed by atoms with Crippen LogP contribution in [0.4, 0.5) is 0 Å². The molecule has 1 atom stereocenters. The molecule has 0 spiro atoms. The minimum absolute atomic E-state index is 0.0545. The van der Waals surface area contributed by atoms with Crippen LogP contribution in [0.1, 0.15) is 43.0 Å². The molecule has 4 rings (SSSR count). The number of morpholine rings is 1. The van der Waals surface area contributed by atoms with Gasteiger partial charge in [-0.25, -0.2) is 0 Å². The van der Waals surface area contributed by atoms with Gasteiger partial charge >= 0.3 is 0 Å². The standard InChI is InChI=1S/C31H40N2O7/c1-20(2)19-40-24-9-8-23(17-21(24)3)29(34)27-28(22-7-10-25(37-4)26(18-22)38-5)33(31(36)30(27)35)12-6-11-32-13-15-39-16-14-32/h7-10,17-18,20,28,34H,6,11-16,19H2,1-5H3/b29-27+/t28-/m0/s1. The molecule has 0 radical (unpaired) electrons. The van der Waals surface area contributed by atoms with Crippen molar-refractivity contribution in [2.24, 2.45) is 5.92 Å². The van der Waals surface area contributed by atoms with Crippen molar-refractivity contribution in [3.8, 4) is 17.2 Å². The second-order valence-electron chi connectivity index (χ2n) is 10.6. The zero-order chi connectivity index (χ0) is 28.8. The lowest BCUT2D eigenvalue weighted by Crippen LogP contribution is -2.38. The largest absolute Gasteiger partial charge is 0.507 e. The lowest BCUT2D eigenvalue weighted by Gasteiger charge is -2.29. The minimum Gasteiger partial charge on any atom is -0.507 e. The van der Waals surface area contributed by atoms with E-state index >= 15 is 0 Å². The van der Waals surface area contributed by atoms with Crippen molar-refractivity contribution >= 4 is 17.4 Å². The highest BCUT2D eigenvalue weighted by Crippen LogP contribution is 2.42. The van der Waals surface area contributed by atoms with E-state index in [1.54, 1.807) is 48.4 Å². The number of carbonyl (C=O) groups is 2. The Morgan fingerprint density at radius 2 is 1.70 bits per heavy atom. The number of benzene rings is 2. The molecule has 0 bridgehead atoms. The first-order chi connectivity index (χ1) is 19.2. The Kier molecular flexibility index (Phi) is 9.71. The Morgan fingerprint density at radius 3 is 2.35 bits per heavy atom. The van der Waals surface area contributed by atoms with E-state index < -0.39 is 17.7 Å². The van der Waals surface area contributed by atoms with Crippen LogP contribution in [-0.4, -0.2) is 86.8 Å². The van der Waals surface area contributed by atoms with Gasteiger partial charge in [0.25, 0.3) is 11.7 Å². The molecule has 1 amide bonds. The van der Waals surface area contributed by atoms with E-state index in [1.165, 1.54) is 7.11 Å². The van der Waals surface area contributed by atoms with Crippen LogP contribution in [0.2, 0.25) is 0 Å². The van der Waals surface area contributed by atoms with Crippen LogP contribution in [0, 0.1) is 12.8 Å². The molecule has 2 aromatic carbocycles. The molecule has 9 nitrogen and oxygen atoms in total. The first-order valence-electron chi connectivity index (χ1n) is 13.8. The van der Waals surface area contributed by atoms with E-state index in [4.69, 9.17) is 18.9 Å². The van der Waals surface area contributed by atoms with Gasteiger partial charge in [0, 0.05) is 31.7 Å². The van der Waals surface area contributed by atoms with E-state index in [9.17, 15) is 14.7 Å². The second kappa shape index (κ2) is 13.2. The highest BCUT2D eigenvalue weighted by molar-refractivity contribution is 6.46. The summed E-state index contributed by atoms with van der Waals surface area (Å²) in [6, 6.07) is 9.81. The molecule has 0 saturated carbocycles. The molecule has 2 fully saturated rings. The molecule has 2 aliphatic rings. The maximum atomic E-state index is 13.5. The number of amides is 1. The van der Waals surface area contributed by atoms with E-state index in [0.717, 1.165) is 25.2 Å². The van der Waals surface area contributed by atoms with Gasteiger partial charge in [0.2, 0.25) is 0 Å². The highest BCUT2D eigenvalue weighted by Gasteiger charge is 2.46. The molecule has 0 aromatic heterocycles. The van der Waals surface area contributed by atoms with E-state index in [1.807, 2.05) is 6.92 Å². The lowest BCUT2D eigenvalue weighted by atomic mass is 9.94. The first-order valence-corrected chi connectivity index (χ1v) is 13.8. The summed E-state index contributed by atoms with van der Waals surface area (Å²) in [5.41, 5.74) is 1.98. The molecule has 0 aliphatic carbocycles. The summed E-state index contributed by atoms with van der Waals surface area (Å²) < 4.78 is 22.2. The molecule has 216 valence electrons. The first kappa shape index (κ1) is 29.4. The number of ether oxygens (including phenoxy) is 4. The maximum Gasteiger partial charge on any atom is 0.295 e. The Bertz CT molecular complexity index is 1250. The molecule has 2 saturated heterocycles. The number of rotatable bonds is 11. The number of hydrogen-bond donors (Lipinski definition) is 1. The van der Waals surface area contributed by atoms with Crippen molar-refractivity contribution in [2.75, 3.05) is 60.2 Å². The van der Waals surface area contributed by atoms with Crippen molar-refractivity contribution in [1.82, 2.24) is 9.80 Å². The van der Waals surface area contributed by atoms with Gasteiger partial charge in [-0.2, -0.15) is 0 Å². The molecule has 40 heavy (non-hydrogen) atoms. The smallest absolute Gasteiger partial charge is 0.295 e. The van der Waals surface area contributed by atoms with Crippen LogP contribution in [0.15, 0.2) is 42.0 Å². The monoisotopic (exact) mass is 552 g/mol. The van der Waals surface area contributed by atoms with Crippen LogP contribution >= 0.6 is 0 Å². The number of ketones is 1. The predicted octanol–water partition coefficient (Wildman–Crippen LogP) is 4.19. The average molecular weight is 553 g/mol. The minimum atomic E-state index is -0.776. The van der Waals surface area contributed by atoms with Crippen LogP contribution in [-0.2, 0) is 14.3 Å². The van der Waals surface area contributed by atoms with Gasteiger partial charge < -0.3 is 29.0 Å². The normalized spacial score (nSPS) is 19.4. The van der Waals surface area contributed by atoms with Gasteiger partial charge in [-0.1, -0.05) is 19.9 Å². The van der Waals surface area contributed by atoms with Crippen LogP contribution in [0.25, 0.3) is 5.76 Å². The highest BCUT2D eigenvalue weighted by atomic mass is 16.5. The summed E-state index contributed by atoms with van der Waals surface area (Å²) in [6.45, 7) is 10.8. The fourth-order valence-corrected chi connectivity index (χ4v) is 5.14. The number of hydrogen-bond acceptors (Lipinski definition) is 8. The molecule has 2 aliphatic heterocycles. The number of carbonyl (C=O) groups excluding carboxylic acids is 2. The third-order valence-electron chi connectivity index (χ3n) is 7.26. The van der Waals surface area contributed by atoms with Crippen molar-refractivity contribution in [3.63, 3.8) is 0 Å². The van der Waals surface area contributed by atoms with Crippen molar-refractivity contribution < 1.29 is 33.6 Å². The number of aryl methyl sites for hydroxylation is 1. The predicted molar refractivity (Wildman–Crippen MR) is 152 cm³/mol. The molecule has 9 heteroatoms. The van der Waals surface area contributed by atoms with Gasteiger partial charge in [0.05, 0.1) is 45.7 Å². The van der Waals surface area contributed by atoms with Gasteiger partial charge in [-0.05, 0) is 60.7 Å². The fraction of sp³-hybridized carbons (Fsp3) is 0.484. The summed E-state index contributed by atoms with van der Waals surface area (Å²) in [6.07, 6.45) is 0.678. The Labute approximate surface area is 236 Å². The van der Waals surface area contributed by atoms with Crippen LogP contribution in [0.5, 0.6) is 17.2 Å². The third-order valence-corrected chi connectivity index (χ3v) is 7.26. The third kappa shape index (κ3) is 6.42. The van der Waals surface area contributed by atoms with Crippen LogP contribution < -0.4 is 14.2 Å². The summed E-state index contributed by atoms with van der Waals surface area (Å²) in [5.74, 6) is 0.536. The van der Waals surface area contributed by atoms with Gasteiger partial charge in [0.15, 0.2) is 11.5 Å². The molecular formula is C31H40N2O7. The van der Waals surface area contributed by atoms with Crippen molar-refractivity contribution in [1.29, 1.82) is 0 Å². The van der Waals surface area contributed by atoms with Gasteiger partial charge in [0.1, 0.15) is 11.5 Å². The molecule has 2 aromatic rings. The number of Topliss-reactive ketones (excluding diaryl/α,β-unsaturated/α-hetero) is 1. The zero-order valence-electron chi connectivity index (χ0n) is 24.1.